The van der Waals surface area contributed by atoms with Gasteiger partial charge in [-0.05, 0) is 6.04 Å². The number of rotatable bonds is 11. The van der Waals surface area contributed by atoms with Gasteiger partial charge in [0.1, 0.15) is 0 Å². The minimum atomic E-state index is -2.33. The molecule has 0 fully saturated rings. The maximum absolute atomic E-state index is 5.81. The van der Waals surface area contributed by atoms with Gasteiger partial charge in [0.05, 0.1) is 0 Å². The first-order valence-corrected chi connectivity index (χ1v) is 11.9. The Balaban J connectivity index is 0. The molecule has 0 rings (SSSR count). The SMILES string of the molecule is CCCCCCCCCCCC[Si](Cl)(Cl)Cl.F. The molecule has 0 aromatic heterocycles. The fourth-order valence-corrected chi connectivity index (χ4v) is 3.67. The van der Waals surface area contributed by atoms with E-state index in [-0.39, 0.29) is 4.70 Å². The molecule has 0 bridgehead atoms. The molecule has 0 nitrogen and oxygen atoms in total. The first-order chi connectivity index (χ1) is 7.56. The van der Waals surface area contributed by atoms with E-state index in [4.69, 9.17) is 33.2 Å². The molecule has 0 saturated carbocycles. The van der Waals surface area contributed by atoms with E-state index in [1.165, 1.54) is 57.8 Å². The topological polar surface area (TPSA) is 0 Å². The van der Waals surface area contributed by atoms with Gasteiger partial charge in [0.2, 0.25) is 0 Å². The van der Waals surface area contributed by atoms with Crippen LogP contribution in [-0.4, -0.2) is 6.00 Å². The summed E-state index contributed by atoms with van der Waals surface area (Å²) in [6.07, 6.45) is 13.3. The van der Waals surface area contributed by atoms with Crippen molar-refractivity contribution in [1.29, 1.82) is 0 Å². The first-order valence-electron chi connectivity index (χ1n) is 6.63. The van der Waals surface area contributed by atoms with Crippen LogP contribution in [0.25, 0.3) is 0 Å². The molecular formula is C12H26Cl3FSi. The van der Waals surface area contributed by atoms with Crippen LogP contribution < -0.4 is 0 Å². The van der Waals surface area contributed by atoms with Crippen molar-refractivity contribution in [1.82, 2.24) is 0 Å². The number of unbranched alkanes of at least 4 members (excludes halogenated alkanes) is 9. The van der Waals surface area contributed by atoms with Crippen LogP contribution in [0.15, 0.2) is 0 Å². The van der Waals surface area contributed by atoms with Crippen LogP contribution >= 0.6 is 33.2 Å². The van der Waals surface area contributed by atoms with Crippen LogP contribution in [0.3, 0.4) is 0 Å². The van der Waals surface area contributed by atoms with E-state index in [1.807, 2.05) is 0 Å². The van der Waals surface area contributed by atoms with Gasteiger partial charge < -0.3 is 0 Å². The first kappa shape index (κ1) is 20.3. The zero-order valence-electron chi connectivity index (χ0n) is 10.8. The van der Waals surface area contributed by atoms with Crippen LogP contribution in [0, 0.1) is 0 Å². The Bertz CT molecular complexity index is 151. The number of hydrogen-bond donors (Lipinski definition) is 0. The van der Waals surface area contributed by atoms with Crippen molar-refractivity contribution in [3.05, 3.63) is 0 Å². The van der Waals surface area contributed by atoms with E-state index in [0.29, 0.717) is 0 Å². The lowest BCUT2D eigenvalue weighted by molar-refractivity contribution is 0.562. The van der Waals surface area contributed by atoms with Crippen molar-refractivity contribution < 1.29 is 4.70 Å². The van der Waals surface area contributed by atoms with Gasteiger partial charge in [-0.25, -0.2) is 0 Å². The molecule has 17 heavy (non-hydrogen) atoms. The Morgan fingerprint density at radius 1 is 0.647 bits per heavy atom. The van der Waals surface area contributed by atoms with Gasteiger partial charge in [-0.1, -0.05) is 71.1 Å². The van der Waals surface area contributed by atoms with Crippen molar-refractivity contribution in [2.75, 3.05) is 0 Å². The molecule has 0 amide bonds. The lowest BCUT2D eigenvalue weighted by atomic mass is 10.1. The molecule has 0 N–H and O–H groups in total. The Kier molecular flexibility index (Phi) is 16.1. The minimum Gasteiger partial charge on any atom is -0.269 e. The predicted molar refractivity (Wildman–Crippen MR) is 82.5 cm³/mol. The summed E-state index contributed by atoms with van der Waals surface area (Å²) in [4.78, 5) is 0. The number of hydrogen-bond acceptors (Lipinski definition) is 0. The molecule has 0 spiro atoms. The summed E-state index contributed by atoms with van der Waals surface area (Å²) in [5.74, 6) is 0. The van der Waals surface area contributed by atoms with Crippen LogP contribution in [0.2, 0.25) is 6.04 Å². The molecule has 0 heterocycles. The van der Waals surface area contributed by atoms with Crippen LogP contribution in [-0.2, 0) is 0 Å². The molecule has 0 aliphatic heterocycles. The molecule has 0 aromatic rings. The highest BCUT2D eigenvalue weighted by molar-refractivity contribution is 7.64. The third-order valence-corrected chi connectivity index (χ3v) is 5.44. The van der Waals surface area contributed by atoms with Crippen molar-refractivity contribution >= 4 is 39.2 Å². The van der Waals surface area contributed by atoms with Gasteiger partial charge in [-0.3, -0.25) is 4.70 Å². The highest BCUT2D eigenvalue weighted by Gasteiger charge is 2.23. The van der Waals surface area contributed by atoms with E-state index >= 15 is 0 Å². The van der Waals surface area contributed by atoms with E-state index in [0.717, 1.165) is 12.5 Å². The quantitative estimate of drug-likeness (QED) is 0.225. The summed E-state index contributed by atoms with van der Waals surface area (Å²) >= 11 is 17.4. The molecule has 0 aliphatic rings. The van der Waals surface area contributed by atoms with Crippen LogP contribution in [0.1, 0.15) is 71.1 Å². The second-order valence-corrected chi connectivity index (χ2v) is 13.8. The van der Waals surface area contributed by atoms with Gasteiger partial charge in [0, 0.05) is 0 Å². The predicted octanol–water partition coefficient (Wildman–Crippen LogP) is 6.72. The maximum atomic E-state index is 5.81. The highest BCUT2D eigenvalue weighted by atomic mass is 35.8. The lowest BCUT2D eigenvalue weighted by Gasteiger charge is -2.06. The van der Waals surface area contributed by atoms with Crippen molar-refractivity contribution in [2.45, 2.75) is 77.2 Å². The van der Waals surface area contributed by atoms with Crippen molar-refractivity contribution in [3.8, 4) is 0 Å². The molecule has 0 aromatic carbocycles. The zero-order chi connectivity index (χ0) is 12.3. The van der Waals surface area contributed by atoms with Gasteiger partial charge in [0.15, 0.2) is 0 Å². The van der Waals surface area contributed by atoms with Crippen LogP contribution in [0.5, 0.6) is 0 Å². The standard InChI is InChI=1S/C12H25Cl3Si.FH/c1-2-3-4-5-6-7-8-9-10-11-12-16(13,14)15;/h2-12H2,1H3;1H. The molecule has 106 valence electrons. The average Bonchev–Trinajstić information content (AvgIpc) is 2.19. The fraction of sp³-hybridized carbons (Fsp3) is 1.00. The average molecular weight is 324 g/mol. The molecule has 0 radical (unpaired) electrons. The van der Waals surface area contributed by atoms with E-state index in [1.54, 1.807) is 0 Å². The van der Waals surface area contributed by atoms with E-state index in [2.05, 4.69) is 6.92 Å². The van der Waals surface area contributed by atoms with Crippen molar-refractivity contribution in [3.63, 3.8) is 0 Å². The van der Waals surface area contributed by atoms with Crippen LogP contribution in [0.4, 0.5) is 4.70 Å². The fourth-order valence-electron chi connectivity index (χ4n) is 1.81. The normalized spacial score (nSPS) is 11.3. The maximum Gasteiger partial charge on any atom is 0.341 e. The van der Waals surface area contributed by atoms with Gasteiger partial charge in [0.25, 0.3) is 0 Å². The largest absolute Gasteiger partial charge is 0.341 e. The molecule has 5 heteroatoms. The molecular weight excluding hydrogens is 298 g/mol. The summed E-state index contributed by atoms with van der Waals surface area (Å²) in [5, 5.41) is 0. The Morgan fingerprint density at radius 3 is 1.35 bits per heavy atom. The summed E-state index contributed by atoms with van der Waals surface area (Å²) < 4.78 is 0. The van der Waals surface area contributed by atoms with Gasteiger partial charge in [-0.2, -0.15) is 0 Å². The third kappa shape index (κ3) is 19.5. The Labute approximate surface area is 121 Å². The summed E-state index contributed by atoms with van der Waals surface area (Å²) in [7, 11) is 0. The molecule has 0 aliphatic carbocycles. The molecule has 0 unspecified atom stereocenters. The summed E-state index contributed by atoms with van der Waals surface area (Å²) in [5.41, 5.74) is 0. The molecule has 0 atom stereocenters. The summed E-state index contributed by atoms with van der Waals surface area (Å²) in [6.45, 7) is 2.26. The van der Waals surface area contributed by atoms with E-state index in [9.17, 15) is 0 Å². The Morgan fingerprint density at radius 2 is 1.00 bits per heavy atom. The molecule has 0 saturated heterocycles. The van der Waals surface area contributed by atoms with Gasteiger partial charge in [-0.15, -0.1) is 33.2 Å². The highest BCUT2D eigenvalue weighted by Crippen LogP contribution is 2.27. The zero-order valence-corrected chi connectivity index (χ0v) is 14.1. The smallest absolute Gasteiger partial charge is 0.269 e. The monoisotopic (exact) mass is 322 g/mol. The number of halogens is 4. The summed E-state index contributed by atoms with van der Waals surface area (Å²) in [6, 6.07) is -1.50. The van der Waals surface area contributed by atoms with E-state index < -0.39 is 6.00 Å². The minimum absolute atomic E-state index is 0. The second kappa shape index (κ2) is 13.4. The second-order valence-electron chi connectivity index (χ2n) is 4.55. The third-order valence-electron chi connectivity index (χ3n) is 2.81. The van der Waals surface area contributed by atoms with Gasteiger partial charge >= 0.3 is 6.00 Å². The Hall–Kier alpha value is 1.02. The lowest BCUT2D eigenvalue weighted by Crippen LogP contribution is -2.07. The van der Waals surface area contributed by atoms with Crippen molar-refractivity contribution in [2.24, 2.45) is 0 Å².